The van der Waals surface area contributed by atoms with Gasteiger partial charge in [-0.1, -0.05) is 20.8 Å². The number of hydrogen-bond acceptors (Lipinski definition) is 1. The van der Waals surface area contributed by atoms with E-state index >= 15 is 0 Å². The van der Waals surface area contributed by atoms with E-state index in [-0.39, 0.29) is 0 Å². The topological polar surface area (TPSA) is 0 Å². The van der Waals surface area contributed by atoms with Crippen LogP contribution in [0.5, 0.6) is 0 Å². The molecule has 1 saturated heterocycles. The Balaban J connectivity index is 2.37. The van der Waals surface area contributed by atoms with E-state index in [0.29, 0.717) is 0 Å². The Labute approximate surface area is 81.5 Å². The maximum atomic E-state index is 2.42. The van der Waals surface area contributed by atoms with Gasteiger partial charge in [0.15, 0.2) is 0 Å². The third-order valence-corrected chi connectivity index (χ3v) is 4.07. The van der Waals surface area contributed by atoms with Gasteiger partial charge in [0.1, 0.15) is 0 Å². The lowest BCUT2D eigenvalue weighted by Gasteiger charge is -2.17. The van der Waals surface area contributed by atoms with Gasteiger partial charge in [0, 0.05) is 5.25 Å². The molecule has 1 heterocycles. The van der Waals surface area contributed by atoms with E-state index in [9.17, 15) is 0 Å². The van der Waals surface area contributed by atoms with Crippen LogP contribution in [0, 0.1) is 11.8 Å². The molecule has 72 valence electrons. The lowest BCUT2D eigenvalue weighted by atomic mass is 9.91. The van der Waals surface area contributed by atoms with Gasteiger partial charge in [0.05, 0.1) is 0 Å². The summed E-state index contributed by atoms with van der Waals surface area (Å²) in [6, 6.07) is 0. The molecule has 1 aliphatic rings. The summed E-state index contributed by atoms with van der Waals surface area (Å²) in [5, 5.41) is 0.894. The van der Waals surface area contributed by atoms with Crippen LogP contribution in [-0.4, -0.2) is 11.0 Å². The third kappa shape index (κ3) is 3.84. The van der Waals surface area contributed by atoms with Gasteiger partial charge in [-0.3, -0.25) is 0 Å². The average molecular weight is 186 g/mol. The van der Waals surface area contributed by atoms with Gasteiger partial charge in [-0.05, 0) is 43.3 Å². The van der Waals surface area contributed by atoms with Gasteiger partial charge < -0.3 is 0 Å². The van der Waals surface area contributed by atoms with Crippen LogP contribution in [0.25, 0.3) is 0 Å². The van der Waals surface area contributed by atoms with Gasteiger partial charge >= 0.3 is 0 Å². The molecule has 12 heavy (non-hydrogen) atoms. The van der Waals surface area contributed by atoms with Crippen LogP contribution in [0.1, 0.15) is 46.5 Å². The smallest absolute Gasteiger partial charge is 0.00212 e. The van der Waals surface area contributed by atoms with Crippen molar-refractivity contribution in [2.75, 3.05) is 5.75 Å². The summed E-state index contributed by atoms with van der Waals surface area (Å²) >= 11 is 2.17. The minimum Gasteiger partial charge on any atom is -0.159 e. The highest BCUT2D eigenvalue weighted by Gasteiger charge is 2.15. The summed E-state index contributed by atoms with van der Waals surface area (Å²) in [5.74, 6) is 3.30. The van der Waals surface area contributed by atoms with E-state index in [1.165, 1.54) is 31.4 Å². The van der Waals surface area contributed by atoms with Crippen LogP contribution >= 0.6 is 11.8 Å². The molecule has 1 heteroatoms. The summed E-state index contributed by atoms with van der Waals surface area (Å²) in [4.78, 5) is 0. The fourth-order valence-electron chi connectivity index (χ4n) is 2.25. The zero-order valence-corrected chi connectivity index (χ0v) is 9.49. The Morgan fingerprint density at radius 2 is 1.75 bits per heavy atom. The molecule has 0 saturated carbocycles. The number of thioether (sulfide) groups is 1. The highest BCUT2D eigenvalue weighted by Crippen LogP contribution is 2.28. The Morgan fingerprint density at radius 3 is 2.50 bits per heavy atom. The second-order valence-electron chi connectivity index (χ2n) is 4.51. The monoisotopic (exact) mass is 186 g/mol. The van der Waals surface area contributed by atoms with Crippen molar-refractivity contribution < 1.29 is 0 Å². The van der Waals surface area contributed by atoms with Gasteiger partial charge in [0.25, 0.3) is 0 Å². The van der Waals surface area contributed by atoms with Gasteiger partial charge in [0.2, 0.25) is 0 Å². The van der Waals surface area contributed by atoms with Gasteiger partial charge in [-0.25, -0.2) is 0 Å². The van der Waals surface area contributed by atoms with E-state index in [1.807, 2.05) is 0 Å². The van der Waals surface area contributed by atoms with Crippen molar-refractivity contribution in [1.29, 1.82) is 0 Å². The maximum absolute atomic E-state index is 2.42. The fourth-order valence-corrected chi connectivity index (χ4v) is 3.45. The minimum absolute atomic E-state index is 0.894. The summed E-state index contributed by atoms with van der Waals surface area (Å²) < 4.78 is 0. The van der Waals surface area contributed by atoms with E-state index in [2.05, 4.69) is 32.5 Å². The molecule has 3 atom stereocenters. The first kappa shape index (κ1) is 10.4. The molecule has 0 amide bonds. The molecule has 0 N–H and O–H groups in total. The van der Waals surface area contributed by atoms with Gasteiger partial charge in [-0.15, -0.1) is 0 Å². The van der Waals surface area contributed by atoms with Crippen LogP contribution in [-0.2, 0) is 0 Å². The highest BCUT2D eigenvalue weighted by atomic mass is 32.2. The molecular formula is C11H22S. The molecule has 0 aromatic heterocycles. The summed E-state index contributed by atoms with van der Waals surface area (Å²) in [7, 11) is 0. The summed E-state index contributed by atoms with van der Waals surface area (Å²) in [6.07, 6.45) is 5.76. The third-order valence-electron chi connectivity index (χ3n) is 2.78. The van der Waals surface area contributed by atoms with Crippen LogP contribution in [0.15, 0.2) is 0 Å². The lowest BCUT2D eigenvalue weighted by Crippen LogP contribution is -2.06. The van der Waals surface area contributed by atoms with Crippen molar-refractivity contribution in [3.8, 4) is 0 Å². The maximum Gasteiger partial charge on any atom is 0.00212 e. The first-order chi connectivity index (χ1) is 5.68. The molecule has 1 fully saturated rings. The fraction of sp³-hybridized carbons (Fsp3) is 1.00. The Kier molecular flexibility index (Phi) is 4.49. The minimum atomic E-state index is 0.894. The normalized spacial score (nSPS) is 39.8. The molecule has 0 nitrogen and oxygen atoms in total. The predicted octanol–water partition coefficient (Wildman–Crippen LogP) is 3.95. The van der Waals surface area contributed by atoms with Crippen molar-refractivity contribution in [3.05, 3.63) is 0 Å². The number of rotatable bonds is 0. The van der Waals surface area contributed by atoms with E-state index in [1.54, 1.807) is 0 Å². The Hall–Kier alpha value is 0.350. The second-order valence-corrected chi connectivity index (χ2v) is 6.05. The Morgan fingerprint density at radius 1 is 1.00 bits per heavy atom. The lowest BCUT2D eigenvalue weighted by molar-refractivity contribution is 0.380. The Bertz CT molecular complexity index is 108. The molecule has 0 radical (unpaired) electrons. The van der Waals surface area contributed by atoms with E-state index in [0.717, 1.165) is 17.1 Å². The molecule has 3 unspecified atom stereocenters. The largest absolute Gasteiger partial charge is 0.159 e. The summed E-state index contributed by atoms with van der Waals surface area (Å²) in [5.41, 5.74) is 0. The molecule has 0 aromatic rings. The molecule has 1 rings (SSSR count). The first-order valence-electron chi connectivity index (χ1n) is 5.30. The second kappa shape index (κ2) is 5.16. The van der Waals surface area contributed by atoms with Crippen molar-refractivity contribution in [2.24, 2.45) is 11.8 Å². The SMILES string of the molecule is CC1CCCSC(C)CC(C)C1. The predicted molar refractivity (Wildman–Crippen MR) is 58.7 cm³/mol. The average Bonchev–Trinajstić information content (AvgIpc) is 2.01. The van der Waals surface area contributed by atoms with Crippen molar-refractivity contribution >= 4 is 11.8 Å². The van der Waals surface area contributed by atoms with E-state index in [4.69, 9.17) is 0 Å². The quantitative estimate of drug-likeness (QED) is 0.552. The molecule has 0 spiro atoms. The molecular weight excluding hydrogens is 164 g/mol. The summed E-state index contributed by atoms with van der Waals surface area (Å²) in [6.45, 7) is 7.22. The van der Waals surface area contributed by atoms with Crippen molar-refractivity contribution in [1.82, 2.24) is 0 Å². The van der Waals surface area contributed by atoms with Crippen LogP contribution < -0.4 is 0 Å². The zero-order chi connectivity index (χ0) is 8.97. The molecule has 0 bridgehead atoms. The van der Waals surface area contributed by atoms with Crippen molar-refractivity contribution in [2.45, 2.75) is 51.7 Å². The molecule has 0 aliphatic carbocycles. The van der Waals surface area contributed by atoms with Crippen LogP contribution in [0.4, 0.5) is 0 Å². The van der Waals surface area contributed by atoms with Crippen LogP contribution in [0.3, 0.4) is 0 Å². The van der Waals surface area contributed by atoms with Crippen LogP contribution in [0.2, 0.25) is 0 Å². The van der Waals surface area contributed by atoms with Gasteiger partial charge in [-0.2, -0.15) is 11.8 Å². The number of hydrogen-bond donors (Lipinski definition) is 0. The highest BCUT2D eigenvalue weighted by molar-refractivity contribution is 7.99. The molecule has 1 aliphatic heterocycles. The first-order valence-corrected chi connectivity index (χ1v) is 6.35. The van der Waals surface area contributed by atoms with Crippen molar-refractivity contribution in [3.63, 3.8) is 0 Å². The standard InChI is InChI=1S/C11H22S/c1-9-5-4-6-12-11(3)8-10(2)7-9/h9-11H,4-8H2,1-3H3. The van der Waals surface area contributed by atoms with E-state index < -0.39 is 0 Å². The molecule has 0 aromatic carbocycles. The zero-order valence-electron chi connectivity index (χ0n) is 8.68.